The van der Waals surface area contributed by atoms with E-state index >= 15 is 0 Å². The summed E-state index contributed by atoms with van der Waals surface area (Å²) in [5.41, 5.74) is 0.950. The number of nitrogens with one attached hydrogen (secondary N) is 1. The SMILES string of the molecule is N#Cc1ccc(NC(=O)C2CSCN2C(=O)c2cc(Br)ccc2F)cc1. The number of nitriles is 1. The predicted molar refractivity (Wildman–Crippen MR) is 101 cm³/mol. The maximum atomic E-state index is 14.0. The topological polar surface area (TPSA) is 73.2 Å². The van der Waals surface area contributed by atoms with Crippen molar-refractivity contribution in [1.29, 1.82) is 5.26 Å². The minimum absolute atomic E-state index is 0.0713. The number of hydrogen-bond donors (Lipinski definition) is 1. The van der Waals surface area contributed by atoms with E-state index in [1.54, 1.807) is 24.3 Å². The second-order valence-electron chi connectivity index (χ2n) is 5.59. The number of carbonyl (C=O) groups is 2. The Morgan fingerprint density at radius 3 is 2.69 bits per heavy atom. The van der Waals surface area contributed by atoms with Gasteiger partial charge in [0.05, 0.1) is 23.1 Å². The molecule has 0 saturated carbocycles. The lowest BCUT2D eigenvalue weighted by Gasteiger charge is -2.23. The molecule has 2 aromatic carbocycles. The lowest BCUT2D eigenvalue weighted by molar-refractivity contribution is -0.119. The monoisotopic (exact) mass is 433 g/mol. The molecular weight excluding hydrogens is 421 g/mol. The van der Waals surface area contributed by atoms with Crippen molar-refractivity contribution in [2.45, 2.75) is 6.04 Å². The number of rotatable bonds is 3. The van der Waals surface area contributed by atoms with Gasteiger partial charge in [-0.3, -0.25) is 9.59 Å². The van der Waals surface area contributed by atoms with Crippen LogP contribution >= 0.6 is 27.7 Å². The lowest BCUT2D eigenvalue weighted by Crippen LogP contribution is -2.44. The van der Waals surface area contributed by atoms with Crippen molar-refractivity contribution in [3.05, 3.63) is 63.9 Å². The highest BCUT2D eigenvalue weighted by molar-refractivity contribution is 9.10. The molecule has 0 aliphatic carbocycles. The third-order valence-corrected chi connectivity index (χ3v) is 5.39. The Hall–Kier alpha value is -2.37. The molecule has 3 rings (SSSR count). The van der Waals surface area contributed by atoms with E-state index in [1.165, 1.54) is 34.9 Å². The minimum Gasteiger partial charge on any atom is -0.324 e. The average molecular weight is 434 g/mol. The van der Waals surface area contributed by atoms with Crippen LogP contribution in [0.3, 0.4) is 0 Å². The van der Waals surface area contributed by atoms with Crippen LogP contribution in [0.4, 0.5) is 10.1 Å². The molecule has 0 bridgehead atoms. The number of thioether (sulfide) groups is 1. The number of amides is 2. The second kappa shape index (κ2) is 7.89. The summed E-state index contributed by atoms with van der Waals surface area (Å²) in [6, 6.07) is 11.9. The molecule has 8 heteroatoms. The van der Waals surface area contributed by atoms with Gasteiger partial charge in [0, 0.05) is 15.9 Å². The fraction of sp³-hybridized carbons (Fsp3) is 0.167. The van der Waals surface area contributed by atoms with Crippen molar-refractivity contribution < 1.29 is 14.0 Å². The van der Waals surface area contributed by atoms with Gasteiger partial charge < -0.3 is 10.2 Å². The number of halogens is 2. The molecule has 1 saturated heterocycles. The van der Waals surface area contributed by atoms with E-state index in [-0.39, 0.29) is 11.5 Å². The smallest absolute Gasteiger partial charge is 0.258 e. The van der Waals surface area contributed by atoms with Gasteiger partial charge in [-0.15, -0.1) is 11.8 Å². The van der Waals surface area contributed by atoms with Crippen LogP contribution in [0.1, 0.15) is 15.9 Å². The Morgan fingerprint density at radius 2 is 2.00 bits per heavy atom. The zero-order chi connectivity index (χ0) is 18.7. The summed E-state index contributed by atoms with van der Waals surface area (Å²) in [5.74, 6) is -0.738. The van der Waals surface area contributed by atoms with Crippen molar-refractivity contribution in [1.82, 2.24) is 4.90 Å². The standard InChI is InChI=1S/C18H13BrFN3O2S/c19-12-3-6-15(20)14(7-12)18(25)23-10-26-9-16(23)17(24)22-13-4-1-11(8-21)2-5-13/h1-7,16H,9-10H2,(H,22,24). The Morgan fingerprint density at radius 1 is 1.27 bits per heavy atom. The number of carbonyl (C=O) groups excluding carboxylic acids is 2. The molecule has 26 heavy (non-hydrogen) atoms. The maximum absolute atomic E-state index is 14.0. The van der Waals surface area contributed by atoms with Gasteiger partial charge in [0.25, 0.3) is 5.91 Å². The van der Waals surface area contributed by atoms with E-state index in [0.717, 1.165) is 0 Å². The van der Waals surface area contributed by atoms with Gasteiger partial charge in [-0.2, -0.15) is 5.26 Å². The summed E-state index contributed by atoms with van der Waals surface area (Å²) in [4.78, 5) is 26.7. The summed E-state index contributed by atoms with van der Waals surface area (Å²) >= 11 is 4.66. The molecule has 5 nitrogen and oxygen atoms in total. The van der Waals surface area contributed by atoms with E-state index < -0.39 is 17.8 Å². The van der Waals surface area contributed by atoms with Crippen molar-refractivity contribution in [3.63, 3.8) is 0 Å². The zero-order valence-electron chi connectivity index (χ0n) is 13.4. The highest BCUT2D eigenvalue weighted by atomic mass is 79.9. The molecule has 0 aromatic heterocycles. The molecule has 0 spiro atoms. The Balaban J connectivity index is 1.76. The molecule has 1 N–H and O–H groups in total. The molecule has 2 aromatic rings. The fourth-order valence-corrected chi connectivity index (χ4v) is 4.04. The zero-order valence-corrected chi connectivity index (χ0v) is 15.8. The number of nitrogens with zero attached hydrogens (tertiary/aromatic N) is 2. The molecule has 1 aliphatic rings. The van der Waals surface area contributed by atoms with E-state index in [9.17, 15) is 14.0 Å². The quantitative estimate of drug-likeness (QED) is 0.801. The first-order valence-corrected chi connectivity index (χ1v) is 9.59. The van der Waals surface area contributed by atoms with Crippen LogP contribution in [-0.4, -0.2) is 34.4 Å². The first-order valence-electron chi connectivity index (χ1n) is 7.64. The van der Waals surface area contributed by atoms with Gasteiger partial charge in [-0.25, -0.2) is 4.39 Å². The van der Waals surface area contributed by atoms with Crippen molar-refractivity contribution in [3.8, 4) is 6.07 Å². The van der Waals surface area contributed by atoms with Gasteiger partial charge in [0.15, 0.2) is 0 Å². The first-order chi connectivity index (χ1) is 12.5. The molecule has 1 heterocycles. The number of anilines is 1. The molecular formula is C18H13BrFN3O2S. The first kappa shape index (κ1) is 18.4. The summed E-state index contributed by atoms with van der Waals surface area (Å²) in [6.07, 6.45) is 0. The van der Waals surface area contributed by atoms with Crippen LogP contribution in [-0.2, 0) is 4.79 Å². The lowest BCUT2D eigenvalue weighted by atomic mass is 10.1. The van der Waals surface area contributed by atoms with Gasteiger partial charge >= 0.3 is 0 Å². The van der Waals surface area contributed by atoms with Gasteiger partial charge in [-0.05, 0) is 42.5 Å². The van der Waals surface area contributed by atoms with E-state index in [1.807, 2.05) is 6.07 Å². The Labute approximate surface area is 162 Å². The third-order valence-electron chi connectivity index (χ3n) is 3.89. The van der Waals surface area contributed by atoms with Crippen molar-refractivity contribution in [2.75, 3.05) is 16.9 Å². The van der Waals surface area contributed by atoms with Gasteiger partial charge in [-0.1, -0.05) is 15.9 Å². The number of benzene rings is 2. The van der Waals surface area contributed by atoms with Gasteiger partial charge in [0.2, 0.25) is 5.91 Å². The van der Waals surface area contributed by atoms with Crippen LogP contribution in [0.2, 0.25) is 0 Å². The van der Waals surface area contributed by atoms with Crippen LogP contribution in [0.5, 0.6) is 0 Å². The highest BCUT2D eigenvalue weighted by Gasteiger charge is 2.36. The maximum Gasteiger partial charge on any atom is 0.258 e. The Bertz CT molecular complexity index is 898. The highest BCUT2D eigenvalue weighted by Crippen LogP contribution is 2.26. The van der Waals surface area contributed by atoms with Crippen LogP contribution in [0, 0.1) is 17.1 Å². The van der Waals surface area contributed by atoms with Crippen molar-refractivity contribution in [2.24, 2.45) is 0 Å². The number of hydrogen-bond acceptors (Lipinski definition) is 4. The van der Waals surface area contributed by atoms with E-state index in [2.05, 4.69) is 21.2 Å². The molecule has 1 unspecified atom stereocenters. The predicted octanol–water partition coefficient (Wildman–Crippen LogP) is 3.61. The fourth-order valence-electron chi connectivity index (χ4n) is 2.53. The molecule has 0 radical (unpaired) electrons. The van der Waals surface area contributed by atoms with E-state index in [0.29, 0.717) is 27.4 Å². The second-order valence-corrected chi connectivity index (χ2v) is 7.51. The van der Waals surface area contributed by atoms with Crippen LogP contribution < -0.4 is 5.32 Å². The normalized spacial score (nSPS) is 16.2. The third kappa shape index (κ3) is 3.89. The molecule has 1 atom stereocenters. The summed E-state index contributed by atoms with van der Waals surface area (Å²) in [5, 5.41) is 11.5. The van der Waals surface area contributed by atoms with E-state index in [4.69, 9.17) is 5.26 Å². The van der Waals surface area contributed by atoms with Crippen LogP contribution in [0.15, 0.2) is 46.9 Å². The Kier molecular flexibility index (Phi) is 5.59. The summed E-state index contributed by atoms with van der Waals surface area (Å²) < 4.78 is 14.6. The molecule has 2 amide bonds. The summed E-state index contributed by atoms with van der Waals surface area (Å²) in [7, 11) is 0. The minimum atomic E-state index is -0.693. The van der Waals surface area contributed by atoms with Gasteiger partial charge in [0.1, 0.15) is 11.9 Å². The summed E-state index contributed by atoms with van der Waals surface area (Å²) in [6.45, 7) is 0. The molecule has 1 aliphatic heterocycles. The average Bonchev–Trinajstić information content (AvgIpc) is 3.13. The van der Waals surface area contributed by atoms with Crippen molar-refractivity contribution >= 4 is 45.2 Å². The molecule has 1 fully saturated rings. The molecule has 132 valence electrons. The van der Waals surface area contributed by atoms with Crippen LogP contribution in [0.25, 0.3) is 0 Å². The largest absolute Gasteiger partial charge is 0.324 e.